The minimum absolute atomic E-state index is 0.360. The van der Waals surface area contributed by atoms with Gasteiger partial charge in [-0.3, -0.25) is 0 Å². The maximum absolute atomic E-state index is 10.8. The lowest BCUT2D eigenvalue weighted by Gasteiger charge is -2.41. The van der Waals surface area contributed by atoms with Crippen LogP contribution in [0.15, 0.2) is 28.7 Å². The maximum atomic E-state index is 10.8. The highest BCUT2D eigenvalue weighted by atomic mass is 79.9. The fourth-order valence-electron chi connectivity index (χ4n) is 3.03. The summed E-state index contributed by atoms with van der Waals surface area (Å²) in [6.07, 6.45) is 4.00. The van der Waals surface area contributed by atoms with E-state index in [9.17, 15) is 5.11 Å². The first kappa shape index (κ1) is 14.1. The lowest BCUT2D eigenvalue weighted by atomic mass is 9.67. The van der Waals surface area contributed by atoms with Gasteiger partial charge in [0.25, 0.3) is 0 Å². The Labute approximate surface area is 119 Å². The zero-order valence-electron chi connectivity index (χ0n) is 11.5. The molecular weight excluding hydrogens is 288 g/mol. The summed E-state index contributed by atoms with van der Waals surface area (Å²) in [5.74, 6) is 0.727. The summed E-state index contributed by atoms with van der Waals surface area (Å²) in [6.45, 7) is 6.92. The fraction of sp³-hybridized carbons (Fsp3) is 0.625. The Morgan fingerprint density at radius 3 is 2.33 bits per heavy atom. The molecule has 1 nitrogen and oxygen atoms in total. The van der Waals surface area contributed by atoms with E-state index in [2.05, 4.69) is 42.8 Å². The molecule has 2 heteroatoms. The van der Waals surface area contributed by atoms with Crippen molar-refractivity contribution in [2.45, 2.75) is 52.1 Å². The summed E-state index contributed by atoms with van der Waals surface area (Å²) in [5, 5.41) is 10.8. The highest BCUT2D eigenvalue weighted by Gasteiger charge is 2.38. The van der Waals surface area contributed by atoms with Crippen LogP contribution in [0.2, 0.25) is 0 Å². The van der Waals surface area contributed by atoms with Gasteiger partial charge in [0.05, 0.1) is 5.60 Å². The fourth-order valence-corrected chi connectivity index (χ4v) is 3.43. The van der Waals surface area contributed by atoms with Gasteiger partial charge in [0.1, 0.15) is 0 Å². The predicted molar refractivity (Wildman–Crippen MR) is 79.5 cm³/mol. The van der Waals surface area contributed by atoms with Gasteiger partial charge in [0, 0.05) is 4.47 Å². The number of rotatable bonds is 1. The van der Waals surface area contributed by atoms with E-state index in [1.807, 2.05) is 18.2 Å². The summed E-state index contributed by atoms with van der Waals surface area (Å²) in [6, 6.07) is 8.11. The third-order valence-corrected chi connectivity index (χ3v) is 4.89. The van der Waals surface area contributed by atoms with Gasteiger partial charge in [-0.2, -0.15) is 0 Å². The molecule has 1 N–H and O–H groups in total. The number of halogens is 1. The molecule has 2 rings (SSSR count). The van der Waals surface area contributed by atoms with Gasteiger partial charge >= 0.3 is 0 Å². The number of aliphatic hydroxyl groups is 1. The molecule has 0 saturated heterocycles. The molecule has 18 heavy (non-hydrogen) atoms. The van der Waals surface area contributed by atoms with Crippen molar-refractivity contribution in [3.8, 4) is 0 Å². The highest BCUT2D eigenvalue weighted by Crippen LogP contribution is 2.45. The molecule has 0 unspecified atom stereocenters. The van der Waals surface area contributed by atoms with Crippen LogP contribution in [0.5, 0.6) is 0 Å². The van der Waals surface area contributed by atoms with Crippen LogP contribution in [0.25, 0.3) is 0 Å². The predicted octanol–water partition coefficient (Wildman–Crippen LogP) is 4.87. The molecule has 0 atom stereocenters. The normalized spacial score (nSPS) is 29.3. The summed E-state index contributed by atoms with van der Waals surface area (Å²) in [7, 11) is 0. The Morgan fingerprint density at radius 2 is 1.83 bits per heavy atom. The van der Waals surface area contributed by atoms with Crippen LogP contribution in [-0.2, 0) is 5.60 Å². The van der Waals surface area contributed by atoms with Crippen molar-refractivity contribution >= 4 is 15.9 Å². The third kappa shape index (κ3) is 2.97. The van der Waals surface area contributed by atoms with Crippen LogP contribution in [0.3, 0.4) is 0 Å². The zero-order chi connectivity index (χ0) is 13.4. The van der Waals surface area contributed by atoms with Gasteiger partial charge in [-0.1, -0.05) is 48.8 Å². The van der Waals surface area contributed by atoms with E-state index in [0.717, 1.165) is 41.6 Å². The van der Waals surface area contributed by atoms with Gasteiger partial charge in [-0.05, 0) is 54.7 Å². The van der Waals surface area contributed by atoms with Crippen molar-refractivity contribution in [3.05, 3.63) is 34.3 Å². The first-order valence-corrected chi connectivity index (χ1v) is 7.59. The first-order chi connectivity index (χ1) is 8.31. The Kier molecular flexibility index (Phi) is 3.89. The van der Waals surface area contributed by atoms with Crippen molar-refractivity contribution < 1.29 is 5.11 Å². The van der Waals surface area contributed by atoms with Crippen molar-refractivity contribution in [2.24, 2.45) is 11.3 Å². The van der Waals surface area contributed by atoms with E-state index in [4.69, 9.17) is 0 Å². The molecule has 0 bridgehead atoms. The van der Waals surface area contributed by atoms with Crippen LogP contribution in [0.1, 0.15) is 52.0 Å². The smallest absolute Gasteiger partial charge is 0.0897 e. The van der Waals surface area contributed by atoms with Crippen LogP contribution < -0.4 is 0 Å². The monoisotopic (exact) mass is 310 g/mol. The average Bonchev–Trinajstić information content (AvgIpc) is 2.28. The Bertz CT molecular complexity index is 411. The maximum Gasteiger partial charge on any atom is 0.0897 e. The summed E-state index contributed by atoms with van der Waals surface area (Å²) in [5.41, 5.74) is 0.800. The average molecular weight is 311 g/mol. The molecule has 1 aromatic carbocycles. The number of hydrogen-bond donors (Lipinski definition) is 1. The minimum atomic E-state index is -0.620. The summed E-state index contributed by atoms with van der Waals surface area (Å²) in [4.78, 5) is 0. The van der Waals surface area contributed by atoms with Gasteiger partial charge in [0.2, 0.25) is 0 Å². The zero-order valence-corrected chi connectivity index (χ0v) is 13.1. The number of benzene rings is 1. The molecule has 1 saturated carbocycles. The van der Waals surface area contributed by atoms with Gasteiger partial charge < -0.3 is 5.11 Å². The van der Waals surface area contributed by atoms with Gasteiger partial charge in [0.15, 0.2) is 0 Å². The molecule has 1 aromatic rings. The second kappa shape index (κ2) is 4.97. The molecule has 1 aliphatic carbocycles. The van der Waals surface area contributed by atoms with Crippen LogP contribution in [0.4, 0.5) is 0 Å². The summed E-state index contributed by atoms with van der Waals surface area (Å²) >= 11 is 3.49. The van der Waals surface area contributed by atoms with Gasteiger partial charge in [-0.25, -0.2) is 0 Å². The van der Waals surface area contributed by atoms with Crippen LogP contribution in [-0.4, -0.2) is 5.11 Å². The Hall–Kier alpha value is -0.340. The molecule has 0 heterocycles. The van der Waals surface area contributed by atoms with Crippen LogP contribution in [0, 0.1) is 11.3 Å². The van der Waals surface area contributed by atoms with Crippen molar-refractivity contribution in [3.63, 3.8) is 0 Å². The molecule has 0 aliphatic heterocycles. The number of hydrogen-bond acceptors (Lipinski definition) is 1. The molecule has 1 aliphatic rings. The van der Waals surface area contributed by atoms with Crippen LogP contribution >= 0.6 is 15.9 Å². The lowest BCUT2D eigenvalue weighted by Crippen LogP contribution is -2.35. The minimum Gasteiger partial charge on any atom is -0.385 e. The Morgan fingerprint density at radius 1 is 1.22 bits per heavy atom. The molecule has 0 amide bonds. The lowest BCUT2D eigenvalue weighted by molar-refractivity contribution is -0.0298. The molecule has 0 radical (unpaired) electrons. The van der Waals surface area contributed by atoms with Crippen molar-refractivity contribution in [1.82, 2.24) is 0 Å². The SMILES string of the molecule is CC(C)(C)C1CCC(O)(c2cccc(Br)c2)CC1. The second-order valence-electron chi connectivity index (χ2n) is 6.68. The quantitative estimate of drug-likeness (QED) is 0.784. The van der Waals surface area contributed by atoms with E-state index in [1.54, 1.807) is 0 Å². The molecule has 100 valence electrons. The molecule has 0 spiro atoms. The van der Waals surface area contributed by atoms with E-state index in [0.29, 0.717) is 5.41 Å². The van der Waals surface area contributed by atoms with E-state index in [-0.39, 0.29) is 0 Å². The highest BCUT2D eigenvalue weighted by molar-refractivity contribution is 9.10. The topological polar surface area (TPSA) is 20.2 Å². The molecule has 0 aromatic heterocycles. The summed E-state index contributed by atoms with van der Waals surface area (Å²) < 4.78 is 1.05. The van der Waals surface area contributed by atoms with Crippen molar-refractivity contribution in [2.75, 3.05) is 0 Å². The molecule has 1 fully saturated rings. The largest absolute Gasteiger partial charge is 0.385 e. The van der Waals surface area contributed by atoms with E-state index >= 15 is 0 Å². The van der Waals surface area contributed by atoms with Crippen molar-refractivity contribution in [1.29, 1.82) is 0 Å². The standard InChI is InChI=1S/C16H23BrO/c1-15(2,3)12-7-9-16(18,10-8-12)13-5-4-6-14(17)11-13/h4-6,11-12,18H,7-10H2,1-3H3. The first-order valence-electron chi connectivity index (χ1n) is 6.80. The van der Waals surface area contributed by atoms with E-state index in [1.165, 1.54) is 0 Å². The van der Waals surface area contributed by atoms with Gasteiger partial charge in [-0.15, -0.1) is 0 Å². The molecular formula is C16H23BrO. The third-order valence-electron chi connectivity index (χ3n) is 4.40. The second-order valence-corrected chi connectivity index (χ2v) is 7.60. The Balaban J connectivity index is 2.12. The van der Waals surface area contributed by atoms with E-state index < -0.39 is 5.60 Å².